The van der Waals surface area contributed by atoms with Crippen molar-refractivity contribution >= 4 is 23.2 Å². The third-order valence-electron chi connectivity index (χ3n) is 4.04. The minimum Gasteiger partial charge on any atom is -0.493 e. The predicted octanol–water partition coefficient (Wildman–Crippen LogP) is 1.66. The summed E-state index contributed by atoms with van der Waals surface area (Å²) < 4.78 is 16.1. The molecule has 3 rings (SSSR count). The Morgan fingerprint density at radius 1 is 1.20 bits per heavy atom. The van der Waals surface area contributed by atoms with Gasteiger partial charge in [-0.25, -0.2) is 4.99 Å². The number of amides is 1. The van der Waals surface area contributed by atoms with Crippen LogP contribution < -0.4 is 25.3 Å². The lowest BCUT2D eigenvalue weighted by atomic mass is 9.89. The van der Waals surface area contributed by atoms with Crippen LogP contribution in [0.15, 0.2) is 34.6 Å². The first-order valence-corrected chi connectivity index (χ1v) is 8.41. The molecule has 1 aliphatic rings. The van der Waals surface area contributed by atoms with E-state index in [0.717, 1.165) is 10.4 Å². The predicted molar refractivity (Wildman–Crippen MR) is 95.6 cm³/mol. The Morgan fingerprint density at radius 2 is 1.88 bits per heavy atom. The molecule has 0 unspecified atom stereocenters. The number of benzene rings is 1. The van der Waals surface area contributed by atoms with Gasteiger partial charge in [0.15, 0.2) is 23.0 Å². The molecule has 8 heteroatoms. The third-order valence-corrected chi connectivity index (χ3v) is 5.06. The summed E-state index contributed by atoms with van der Waals surface area (Å²) in [5.41, 5.74) is 5.49. The standard InChI is InChI=1S/C17H19N3O4S/c1-22-11-7-10(8-12(23-2)14(11)24-3)9-17(13-5-4-6-25-13)15(21)19-16(18)20-17/h4-8H,9H2,1-3H3,(H3,18,19,20,21)/t17-/m1/s1. The number of carbonyl (C=O) groups is 1. The minimum absolute atomic E-state index is 0.117. The number of nitrogens with one attached hydrogen (secondary N) is 1. The third kappa shape index (κ3) is 2.89. The van der Waals surface area contributed by atoms with Crippen molar-refractivity contribution in [3.63, 3.8) is 0 Å². The van der Waals surface area contributed by atoms with Crippen molar-refractivity contribution in [2.75, 3.05) is 21.3 Å². The Balaban J connectivity index is 2.09. The monoisotopic (exact) mass is 361 g/mol. The molecule has 0 fully saturated rings. The number of methoxy groups -OCH3 is 3. The lowest BCUT2D eigenvalue weighted by Crippen LogP contribution is -2.39. The number of rotatable bonds is 6. The Kier molecular flexibility index (Phi) is 4.54. The number of guanidine groups is 1. The van der Waals surface area contributed by atoms with E-state index in [0.29, 0.717) is 23.7 Å². The van der Waals surface area contributed by atoms with Gasteiger partial charge >= 0.3 is 0 Å². The molecule has 0 bridgehead atoms. The number of ether oxygens (including phenoxy) is 3. The molecular formula is C17H19N3O4S. The number of carbonyl (C=O) groups excluding carboxylic acids is 1. The van der Waals surface area contributed by atoms with Crippen molar-refractivity contribution in [2.24, 2.45) is 10.7 Å². The van der Waals surface area contributed by atoms with E-state index >= 15 is 0 Å². The van der Waals surface area contributed by atoms with E-state index in [1.165, 1.54) is 11.3 Å². The normalized spacial score (nSPS) is 19.3. The van der Waals surface area contributed by atoms with E-state index in [9.17, 15) is 4.79 Å². The van der Waals surface area contributed by atoms with E-state index in [-0.39, 0.29) is 11.9 Å². The quantitative estimate of drug-likeness (QED) is 0.816. The Hall–Kier alpha value is -2.74. The number of nitrogens with zero attached hydrogens (tertiary/aromatic N) is 1. The highest BCUT2D eigenvalue weighted by molar-refractivity contribution is 7.10. The van der Waals surface area contributed by atoms with Gasteiger partial charge in [-0.15, -0.1) is 11.3 Å². The Labute approximate surface area is 149 Å². The summed E-state index contributed by atoms with van der Waals surface area (Å²) in [5.74, 6) is 1.41. The number of thiophene rings is 1. The molecule has 25 heavy (non-hydrogen) atoms. The SMILES string of the molecule is COc1cc(C[C@]2(c3cccs3)N=C(N)NC2=O)cc(OC)c1OC. The van der Waals surface area contributed by atoms with Gasteiger partial charge in [0.25, 0.3) is 5.91 Å². The van der Waals surface area contributed by atoms with Gasteiger partial charge in [0.2, 0.25) is 5.75 Å². The van der Waals surface area contributed by atoms with E-state index < -0.39 is 5.54 Å². The van der Waals surface area contributed by atoms with Crippen molar-refractivity contribution in [3.05, 3.63) is 40.1 Å². The number of hydrogen-bond donors (Lipinski definition) is 2. The molecule has 2 heterocycles. The van der Waals surface area contributed by atoms with Crippen LogP contribution >= 0.6 is 11.3 Å². The van der Waals surface area contributed by atoms with Crippen LogP contribution in [0.25, 0.3) is 0 Å². The van der Waals surface area contributed by atoms with Crippen molar-refractivity contribution in [2.45, 2.75) is 12.0 Å². The highest BCUT2D eigenvalue weighted by Gasteiger charge is 2.46. The van der Waals surface area contributed by atoms with E-state index in [2.05, 4.69) is 10.3 Å². The Morgan fingerprint density at radius 3 is 2.32 bits per heavy atom. The zero-order chi connectivity index (χ0) is 18.0. The molecular weight excluding hydrogens is 342 g/mol. The van der Waals surface area contributed by atoms with Gasteiger partial charge in [-0.1, -0.05) is 6.07 Å². The summed E-state index contributed by atoms with van der Waals surface area (Å²) in [6, 6.07) is 7.39. The van der Waals surface area contributed by atoms with Gasteiger partial charge in [-0.05, 0) is 29.1 Å². The van der Waals surface area contributed by atoms with Crippen molar-refractivity contribution in [3.8, 4) is 17.2 Å². The van der Waals surface area contributed by atoms with Crippen molar-refractivity contribution in [1.29, 1.82) is 0 Å². The fraction of sp³-hybridized carbons (Fsp3) is 0.294. The van der Waals surface area contributed by atoms with Crippen molar-refractivity contribution in [1.82, 2.24) is 5.32 Å². The van der Waals surface area contributed by atoms with Gasteiger partial charge in [0.05, 0.1) is 21.3 Å². The summed E-state index contributed by atoms with van der Waals surface area (Å²) in [6.45, 7) is 0. The second kappa shape index (κ2) is 6.64. The molecule has 0 saturated heterocycles. The summed E-state index contributed by atoms with van der Waals surface area (Å²) in [4.78, 5) is 17.9. The molecule has 1 amide bonds. The molecule has 0 spiro atoms. The van der Waals surface area contributed by atoms with Crippen molar-refractivity contribution < 1.29 is 19.0 Å². The van der Waals surface area contributed by atoms with Crippen LogP contribution in [-0.4, -0.2) is 33.2 Å². The van der Waals surface area contributed by atoms with Gasteiger partial charge in [0, 0.05) is 11.3 Å². The molecule has 0 radical (unpaired) electrons. The van der Waals surface area contributed by atoms with Crippen LogP contribution in [0.2, 0.25) is 0 Å². The fourth-order valence-electron chi connectivity index (χ4n) is 2.92. The lowest BCUT2D eigenvalue weighted by molar-refractivity contribution is -0.123. The van der Waals surface area contributed by atoms with Crippen LogP contribution in [0.5, 0.6) is 17.2 Å². The molecule has 3 N–H and O–H groups in total. The van der Waals surface area contributed by atoms with Gasteiger partial charge in [-0.2, -0.15) is 0 Å². The second-order valence-corrected chi connectivity index (χ2v) is 6.45. The second-order valence-electron chi connectivity index (χ2n) is 5.50. The number of hydrogen-bond acceptors (Lipinski definition) is 7. The summed E-state index contributed by atoms with van der Waals surface area (Å²) in [7, 11) is 4.64. The molecule has 1 aromatic carbocycles. The lowest BCUT2D eigenvalue weighted by Gasteiger charge is -2.23. The largest absolute Gasteiger partial charge is 0.493 e. The average Bonchev–Trinajstić information content (AvgIpc) is 3.23. The number of aliphatic imine (C=N–C) groups is 1. The maximum absolute atomic E-state index is 12.7. The maximum Gasteiger partial charge on any atom is 0.260 e. The van der Waals surface area contributed by atoms with Gasteiger partial charge in [-0.3, -0.25) is 10.1 Å². The molecule has 0 saturated carbocycles. The molecule has 1 aliphatic heterocycles. The zero-order valence-electron chi connectivity index (χ0n) is 14.2. The van der Waals surface area contributed by atoms with E-state index in [1.54, 1.807) is 21.3 Å². The topological polar surface area (TPSA) is 95.2 Å². The maximum atomic E-state index is 12.7. The summed E-state index contributed by atoms with van der Waals surface area (Å²) >= 11 is 1.46. The molecule has 0 aliphatic carbocycles. The van der Waals surface area contributed by atoms with E-state index in [4.69, 9.17) is 19.9 Å². The molecule has 1 aromatic heterocycles. The zero-order valence-corrected chi connectivity index (χ0v) is 15.0. The van der Waals surface area contributed by atoms with Crippen LogP contribution in [-0.2, 0) is 16.8 Å². The molecule has 132 valence electrons. The minimum atomic E-state index is -1.09. The smallest absolute Gasteiger partial charge is 0.260 e. The first-order valence-electron chi connectivity index (χ1n) is 7.53. The first-order chi connectivity index (χ1) is 12.0. The van der Waals surface area contributed by atoms with Crippen LogP contribution in [0.4, 0.5) is 0 Å². The van der Waals surface area contributed by atoms with Crippen LogP contribution in [0, 0.1) is 0 Å². The fourth-order valence-corrected chi connectivity index (χ4v) is 3.79. The summed E-state index contributed by atoms with van der Waals surface area (Å²) in [5, 5.41) is 4.51. The van der Waals surface area contributed by atoms with Crippen LogP contribution in [0.3, 0.4) is 0 Å². The van der Waals surface area contributed by atoms with Gasteiger partial charge in [0.1, 0.15) is 0 Å². The molecule has 7 nitrogen and oxygen atoms in total. The van der Waals surface area contributed by atoms with E-state index in [1.807, 2.05) is 29.6 Å². The first kappa shape index (κ1) is 17.1. The summed E-state index contributed by atoms with van der Waals surface area (Å²) in [6.07, 6.45) is 0.316. The molecule has 1 atom stereocenters. The van der Waals surface area contributed by atoms with Gasteiger partial charge < -0.3 is 19.9 Å². The molecule has 2 aromatic rings. The highest BCUT2D eigenvalue weighted by atomic mass is 32.1. The van der Waals surface area contributed by atoms with Crippen LogP contribution in [0.1, 0.15) is 10.4 Å². The number of nitrogens with two attached hydrogens (primary N) is 1. The average molecular weight is 361 g/mol. The highest BCUT2D eigenvalue weighted by Crippen LogP contribution is 2.42. The Bertz CT molecular complexity index is 794.